The van der Waals surface area contributed by atoms with Crippen molar-refractivity contribution in [1.29, 1.82) is 0 Å². The summed E-state index contributed by atoms with van der Waals surface area (Å²) < 4.78 is 13.5. The van der Waals surface area contributed by atoms with Crippen LogP contribution in [-0.2, 0) is 0 Å². The second-order valence-electron chi connectivity index (χ2n) is 4.82. The average Bonchev–Trinajstić information content (AvgIpc) is 2.93. The molecule has 1 aromatic rings. The summed E-state index contributed by atoms with van der Waals surface area (Å²) in [6.07, 6.45) is 1.22. The van der Waals surface area contributed by atoms with Gasteiger partial charge < -0.3 is 10.0 Å². The van der Waals surface area contributed by atoms with Crippen molar-refractivity contribution in [2.75, 3.05) is 18.5 Å². The number of carboxylic acids is 1. The Hall–Kier alpha value is -1.58. The van der Waals surface area contributed by atoms with E-state index in [0.29, 0.717) is 5.92 Å². The summed E-state index contributed by atoms with van der Waals surface area (Å²) in [6.45, 7) is 3.10. The third-order valence-electron chi connectivity index (χ3n) is 3.41. The third kappa shape index (κ3) is 2.57. The van der Waals surface area contributed by atoms with Gasteiger partial charge in [0.25, 0.3) is 0 Å². The molecule has 1 N–H and O–H groups in total. The van der Waals surface area contributed by atoms with Gasteiger partial charge in [-0.3, -0.25) is 0 Å². The van der Waals surface area contributed by atoms with Crippen LogP contribution in [0, 0.1) is 17.7 Å². The zero-order valence-corrected chi connectivity index (χ0v) is 9.98. The molecule has 1 fully saturated rings. The smallest absolute Gasteiger partial charge is 0.338 e. The van der Waals surface area contributed by atoms with Crippen LogP contribution in [0.25, 0.3) is 0 Å². The zero-order valence-electron chi connectivity index (χ0n) is 9.98. The van der Waals surface area contributed by atoms with Gasteiger partial charge in [0, 0.05) is 19.3 Å². The van der Waals surface area contributed by atoms with Gasteiger partial charge in [0.1, 0.15) is 5.82 Å². The van der Waals surface area contributed by atoms with E-state index in [0.717, 1.165) is 18.2 Å². The maximum Gasteiger partial charge on any atom is 0.338 e. The normalized spacial score (nSPS) is 22.3. The van der Waals surface area contributed by atoms with Crippen molar-refractivity contribution in [3.63, 3.8) is 0 Å². The Morgan fingerprint density at radius 2 is 2.24 bits per heavy atom. The minimum Gasteiger partial charge on any atom is -0.478 e. The van der Waals surface area contributed by atoms with Crippen molar-refractivity contribution in [2.24, 2.45) is 11.8 Å². The van der Waals surface area contributed by atoms with Crippen molar-refractivity contribution >= 4 is 11.7 Å². The lowest BCUT2D eigenvalue weighted by molar-refractivity contribution is 0.0692. The highest BCUT2D eigenvalue weighted by atomic mass is 19.1. The molecular formula is C13H16FNO2. The average molecular weight is 237 g/mol. The van der Waals surface area contributed by atoms with Crippen LogP contribution in [0.1, 0.15) is 23.7 Å². The molecule has 17 heavy (non-hydrogen) atoms. The Labute approximate surface area is 99.9 Å². The van der Waals surface area contributed by atoms with Crippen LogP contribution in [0.4, 0.5) is 10.1 Å². The fraction of sp³-hybridized carbons (Fsp3) is 0.462. The number of halogens is 1. The van der Waals surface area contributed by atoms with Crippen molar-refractivity contribution in [3.05, 3.63) is 29.6 Å². The van der Waals surface area contributed by atoms with E-state index in [1.807, 2.05) is 11.9 Å². The third-order valence-corrected chi connectivity index (χ3v) is 3.41. The first-order valence-electron chi connectivity index (χ1n) is 5.73. The summed E-state index contributed by atoms with van der Waals surface area (Å²) in [7, 11) is 1.90. The molecule has 0 amide bonds. The Morgan fingerprint density at radius 1 is 1.59 bits per heavy atom. The number of carboxylic acid groups (broad SMARTS) is 1. The molecule has 0 saturated heterocycles. The van der Waals surface area contributed by atoms with Crippen LogP contribution in [0.3, 0.4) is 0 Å². The van der Waals surface area contributed by atoms with Crippen molar-refractivity contribution in [1.82, 2.24) is 0 Å². The molecule has 1 aliphatic carbocycles. The fourth-order valence-corrected chi connectivity index (χ4v) is 2.03. The van der Waals surface area contributed by atoms with Gasteiger partial charge in [-0.15, -0.1) is 0 Å². The van der Waals surface area contributed by atoms with Gasteiger partial charge in [0.2, 0.25) is 0 Å². The summed E-state index contributed by atoms with van der Waals surface area (Å²) >= 11 is 0. The standard InChI is InChI=1S/C13H16FNO2/c1-8-5-9(8)7-15(2)10-3-4-11(13(16)17)12(14)6-10/h3-4,6,8-9H,5,7H2,1-2H3,(H,16,17). The van der Waals surface area contributed by atoms with Gasteiger partial charge in [-0.25, -0.2) is 9.18 Å². The van der Waals surface area contributed by atoms with E-state index in [-0.39, 0.29) is 5.56 Å². The van der Waals surface area contributed by atoms with Gasteiger partial charge in [-0.05, 0) is 36.5 Å². The van der Waals surface area contributed by atoms with E-state index in [4.69, 9.17) is 5.11 Å². The SMILES string of the molecule is CC1CC1CN(C)c1ccc(C(=O)O)c(F)c1. The first-order valence-corrected chi connectivity index (χ1v) is 5.73. The number of rotatable bonds is 4. The minimum absolute atomic E-state index is 0.276. The quantitative estimate of drug-likeness (QED) is 0.875. The lowest BCUT2D eigenvalue weighted by atomic mass is 10.2. The molecule has 0 bridgehead atoms. The molecule has 0 radical (unpaired) electrons. The molecule has 2 atom stereocenters. The molecule has 0 heterocycles. The number of carbonyl (C=O) groups is 1. The monoisotopic (exact) mass is 237 g/mol. The predicted octanol–water partition coefficient (Wildman–Crippen LogP) is 2.62. The molecule has 1 saturated carbocycles. The molecule has 0 aliphatic heterocycles. The molecule has 1 aliphatic rings. The number of aromatic carboxylic acids is 1. The molecule has 0 spiro atoms. The van der Waals surface area contributed by atoms with E-state index in [2.05, 4.69) is 6.92 Å². The van der Waals surface area contributed by atoms with E-state index >= 15 is 0 Å². The minimum atomic E-state index is -1.23. The summed E-state index contributed by atoms with van der Waals surface area (Å²) in [6, 6.07) is 4.26. The van der Waals surface area contributed by atoms with Crippen molar-refractivity contribution in [3.8, 4) is 0 Å². The predicted molar refractivity (Wildman–Crippen MR) is 63.9 cm³/mol. The lowest BCUT2D eigenvalue weighted by Crippen LogP contribution is -2.20. The van der Waals surface area contributed by atoms with E-state index in [9.17, 15) is 9.18 Å². The van der Waals surface area contributed by atoms with E-state index in [1.54, 1.807) is 6.07 Å². The highest BCUT2D eigenvalue weighted by Crippen LogP contribution is 2.38. The molecule has 2 rings (SSSR count). The van der Waals surface area contributed by atoms with Crippen LogP contribution < -0.4 is 4.90 Å². The van der Waals surface area contributed by atoms with Crippen molar-refractivity contribution < 1.29 is 14.3 Å². The second-order valence-corrected chi connectivity index (χ2v) is 4.82. The van der Waals surface area contributed by atoms with Gasteiger partial charge in [0.15, 0.2) is 0 Å². The second kappa shape index (κ2) is 4.35. The number of hydrogen-bond acceptors (Lipinski definition) is 2. The van der Waals surface area contributed by atoms with Gasteiger partial charge in [0.05, 0.1) is 5.56 Å². The first-order chi connectivity index (χ1) is 7.99. The Bertz CT molecular complexity index is 447. The summed E-state index contributed by atoms with van der Waals surface area (Å²) in [5.74, 6) is -0.471. The number of nitrogens with zero attached hydrogens (tertiary/aromatic N) is 1. The number of anilines is 1. The van der Waals surface area contributed by atoms with Gasteiger partial charge in [-0.2, -0.15) is 0 Å². The molecule has 2 unspecified atom stereocenters. The topological polar surface area (TPSA) is 40.5 Å². The Balaban J connectivity index is 2.10. The van der Waals surface area contributed by atoms with Crippen LogP contribution in [0.5, 0.6) is 0 Å². The van der Waals surface area contributed by atoms with Gasteiger partial charge in [-0.1, -0.05) is 6.92 Å². The molecule has 0 aromatic heterocycles. The number of benzene rings is 1. The lowest BCUT2D eigenvalue weighted by Gasteiger charge is -2.19. The number of hydrogen-bond donors (Lipinski definition) is 1. The summed E-state index contributed by atoms with van der Waals surface area (Å²) in [4.78, 5) is 12.7. The Kier molecular flexibility index (Phi) is 3.05. The molecule has 3 nitrogen and oxygen atoms in total. The molecular weight excluding hydrogens is 221 g/mol. The maximum absolute atomic E-state index is 13.5. The molecule has 1 aromatic carbocycles. The first kappa shape index (κ1) is 11.9. The van der Waals surface area contributed by atoms with E-state index in [1.165, 1.54) is 18.6 Å². The summed E-state index contributed by atoms with van der Waals surface area (Å²) in [5.41, 5.74) is 0.452. The highest BCUT2D eigenvalue weighted by Gasteiger charge is 2.33. The van der Waals surface area contributed by atoms with Crippen LogP contribution in [0.15, 0.2) is 18.2 Å². The molecule has 4 heteroatoms. The zero-order chi connectivity index (χ0) is 12.6. The van der Waals surface area contributed by atoms with Crippen LogP contribution in [-0.4, -0.2) is 24.7 Å². The molecule has 92 valence electrons. The van der Waals surface area contributed by atoms with Crippen molar-refractivity contribution in [2.45, 2.75) is 13.3 Å². The fourth-order valence-electron chi connectivity index (χ4n) is 2.03. The largest absolute Gasteiger partial charge is 0.478 e. The maximum atomic E-state index is 13.5. The van der Waals surface area contributed by atoms with Gasteiger partial charge >= 0.3 is 5.97 Å². The van der Waals surface area contributed by atoms with Crippen LogP contribution in [0.2, 0.25) is 0 Å². The van der Waals surface area contributed by atoms with Crippen LogP contribution >= 0.6 is 0 Å². The Morgan fingerprint density at radius 3 is 2.71 bits per heavy atom. The van der Waals surface area contributed by atoms with E-state index < -0.39 is 11.8 Å². The highest BCUT2D eigenvalue weighted by molar-refractivity contribution is 5.88. The summed E-state index contributed by atoms with van der Waals surface area (Å²) in [5, 5.41) is 8.73.